The Morgan fingerprint density at radius 1 is 1.35 bits per heavy atom. The maximum atomic E-state index is 12.5. The topological polar surface area (TPSA) is 113 Å². The summed E-state index contributed by atoms with van der Waals surface area (Å²) in [5, 5.41) is 6.43. The van der Waals surface area contributed by atoms with E-state index in [-0.39, 0.29) is 41.1 Å². The highest BCUT2D eigenvalue weighted by atomic mass is 35.5. The molecule has 3 N–H and O–H groups in total. The zero-order chi connectivity index (χ0) is 18.9. The molecule has 1 aliphatic heterocycles. The molecule has 0 bridgehead atoms. The summed E-state index contributed by atoms with van der Waals surface area (Å²) >= 11 is 6.30. The third kappa shape index (κ3) is 4.76. The molecule has 2 heterocycles. The van der Waals surface area contributed by atoms with Gasteiger partial charge in [0.2, 0.25) is 21.9 Å². The number of piperidine rings is 1. The van der Waals surface area contributed by atoms with Gasteiger partial charge in [0.05, 0.1) is 12.2 Å². The van der Waals surface area contributed by atoms with Crippen LogP contribution in [0, 0.1) is 11.8 Å². The summed E-state index contributed by atoms with van der Waals surface area (Å²) in [6.07, 6.45) is 6.08. The van der Waals surface area contributed by atoms with Gasteiger partial charge in [-0.05, 0) is 44.6 Å². The first-order chi connectivity index (χ1) is 12.2. The van der Waals surface area contributed by atoms with E-state index < -0.39 is 10.0 Å². The van der Waals surface area contributed by atoms with Crippen LogP contribution in [0.2, 0.25) is 0 Å². The molecule has 1 amide bonds. The molecule has 0 radical (unpaired) electrons. The molecule has 1 saturated carbocycles. The van der Waals surface area contributed by atoms with Gasteiger partial charge in [0.1, 0.15) is 5.82 Å². The normalized spacial score (nSPS) is 30.0. The molecule has 8 nitrogen and oxygen atoms in total. The third-order valence-corrected chi connectivity index (χ3v) is 6.02. The van der Waals surface area contributed by atoms with Crippen molar-refractivity contribution in [2.24, 2.45) is 11.8 Å². The number of sulfonamides is 1. The van der Waals surface area contributed by atoms with Crippen LogP contribution >= 0.6 is 11.6 Å². The average Bonchev–Trinajstić information content (AvgIpc) is 2.53. The van der Waals surface area contributed by atoms with Gasteiger partial charge in [-0.3, -0.25) is 9.52 Å². The van der Waals surface area contributed by atoms with Crippen LogP contribution in [0.4, 0.5) is 11.8 Å². The number of amides is 1. The van der Waals surface area contributed by atoms with E-state index in [0.29, 0.717) is 5.92 Å². The highest BCUT2D eigenvalue weighted by Gasteiger charge is 2.41. The molecule has 1 aromatic rings. The van der Waals surface area contributed by atoms with Gasteiger partial charge in [-0.2, -0.15) is 4.98 Å². The summed E-state index contributed by atoms with van der Waals surface area (Å²) in [7, 11) is -3.41. The van der Waals surface area contributed by atoms with E-state index >= 15 is 0 Å². The Labute approximate surface area is 158 Å². The SMILES string of the molecule is C[C@H](Nc1nccc(NS(C)(=O)=O)n1)C1CC2CC(Cl)CCC2NC1=O. The lowest BCUT2D eigenvalue weighted by Crippen LogP contribution is -2.55. The monoisotopic (exact) mass is 401 g/mol. The highest BCUT2D eigenvalue weighted by Crippen LogP contribution is 2.36. The van der Waals surface area contributed by atoms with Gasteiger partial charge in [-0.1, -0.05) is 0 Å². The number of anilines is 2. The molecule has 3 rings (SSSR count). The van der Waals surface area contributed by atoms with Gasteiger partial charge in [-0.25, -0.2) is 13.4 Å². The molecule has 1 saturated heterocycles. The Morgan fingerprint density at radius 2 is 2.12 bits per heavy atom. The average molecular weight is 402 g/mol. The van der Waals surface area contributed by atoms with Crippen molar-refractivity contribution in [2.75, 3.05) is 16.3 Å². The second-order valence-electron chi connectivity index (χ2n) is 7.20. The Morgan fingerprint density at radius 3 is 2.85 bits per heavy atom. The smallest absolute Gasteiger partial charge is 0.230 e. The summed E-state index contributed by atoms with van der Waals surface area (Å²) < 4.78 is 25.0. The summed E-state index contributed by atoms with van der Waals surface area (Å²) in [6.45, 7) is 1.91. The van der Waals surface area contributed by atoms with Crippen molar-refractivity contribution in [2.45, 2.75) is 50.1 Å². The zero-order valence-corrected chi connectivity index (χ0v) is 16.3. The fourth-order valence-electron chi connectivity index (χ4n) is 3.79. The van der Waals surface area contributed by atoms with Crippen molar-refractivity contribution >= 4 is 39.3 Å². The van der Waals surface area contributed by atoms with E-state index in [1.807, 2.05) is 6.92 Å². The quantitative estimate of drug-likeness (QED) is 0.645. The molecular formula is C16H24ClN5O3S. The van der Waals surface area contributed by atoms with Crippen LogP contribution in [0.15, 0.2) is 12.3 Å². The number of carbonyl (C=O) groups excluding carboxylic acids is 1. The molecular weight excluding hydrogens is 378 g/mol. The lowest BCUT2D eigenvalue weighted by atomic mass is 9.74. The van der Waals surface area contributed by atoms with Crippen LogP contribution in [0.1, 0.15) is 32.6 Å². The van der Waals surface area contributed by atoms with E-state index in [2.05, 4.69) is 25.3 Å². The lowest BCUT2D eigenvalue weighted by molar-refractivity contribution is -0.130. The molecule has 2 fully saturated rings. The number of carbonyl (C=O) groups is 1. The molecule has 10 heteroatoms. The Balaban J connectivity index is 1.66. The van der Waals surface area contributed by atoms with Gasteiger partial charge in [0.15, 0.2) is 0 Å². The number of hydrogen-bond acceptors (Lipinski definition) is 6. The van der Waals surface area contributed by atoms with Crippen molar-refractivity contribution in [1.29, 1.82) is 0 Å². The Kier molecular flexibility index (Phi) is 5.57. The molecule has 26 heavy (non-hydrogen) atoms. The molecule has 5 atom stereocenters. The first-order valence-corrected chi connectivity index (χ1v) is 11.1. The summed E-state index contributed by atoms with van der Waals surface area (Å²) in [5.41, 5.74) is 0. The van der Waals surface area contributed by atoms with Gasteiger partial charge >= 0.3 is 0 Å². The first kappa shape index (κ1) is 19.2. The van der Waals surface area contributed by atoms with E-state index in [0.717, 1.165) is 31.9 Å². The van der Waals surface area contributed by atoms with Crippen molar-refractivity contribution in [1.82, 2.24) is 15.3 Å². The highest BCUT2D eigenvalue weighted by molar-refractivity contribution is 7.92. The first-order valence-electron chi connectivity index (χ1n) is 8.73. The molecule has 144 valence electrons. The number of nitrogens with one attached hydrogen (secondary N) is 3. The number of alkyl halides is 1. The fraction of sp³-hybridized carbons (Fsp3) is 0.688. The number of nitrogens with zero attached hydrogens (tertiary/aromatic N) is 2. The van der Waals surface area contributed by atoms with Gasteiger partial charge in [-0.15, -0.1) is 11.6 Å². The number of fused-ring (bicyclic) bond motifs is 1. The second kappa shape index (κ2) is 7.56. The van der Waals surface area contributed by atoms with Crippen LogP contribution in [-0.2, 0) is 14.8 Å². The number of hydrogen-bond donors (Lipinski definition) is 3. The third-order valence-electron chi connectivity index (χ3n) is 5.05. The summed E-state index contributed by atoms with van der Waals surface area (Å²) in [6, 6.07) is 1.50. The molecule has 0 aromatic carbocycles. The molecule has 0 spiro atoms. The van der Waals surface area contributed by atoms with Crippen molar-refractivity contribution < 1.29 is 13.2 Å². The minimum atomic E-state index is -3.41. The molecule has 2 aliphatic rings. The van der Waals surface area contributed by atoms with Gasteiger partial charge in [0, 0.05) is 23.7 Å². The fourth-order valence-corrected chi connectivity index (χ4v) is 4.64. The summed E-state index contributed by atoms with van der Waals surface area (Å²) in [4.78, 5) is 20.8. The van der Waals surface area contributed by atoms with Crippen LogP contribution in [0.5, 0.6) is 0 Å². The number of halogens is 1. The Hall–Kier alpha value is -1.61. The van der Waals surface area contributed by atoms with Crippen LogP contribution in [-0.4, -0.2) is 48.0 Å². The Bertz CT molecular complexity index is 775. The predicted octanol–water partition coefficient (Wildman–Crippen LogP) is 1.56. The lowest BCUT2D eigenvalue weighted by Gasteiger charge is -2.42. The van der Waals surface area contributed by atoms with Crippen molar-refractivity contribution in [3.05, 3.63) is 12.3 Å². The maximum Gasteiger partial charge on any atom is 0.230 e. The minimum absolute atomic E-state index is 0.0321. The predicted molar refractivity (Wildman–Crippen MR) is 101 cm³/mol. The van der Waals surface area contributed by atoms with E-state index in [9.17, 15) is 13.2 Å². The standard InChI is InChI=1S/C16H24ClN5O3S/c1-9(19-16-18-6-5-14(21-16)22-26(2,24)25)12-8-10-7-11(17)3-4-13(10)20-15(12)23/h5-6,9-13H,3-4,7-8H2,1-2H3,(H,20,23)(H2,18,19,21,22)/t9-,10?,11?,12?,13?/m0/s1. The van der Waals surface area contributed by atoms with Crippen molar-refractivity contribution in [3.63, 3.8) is 0 Å². The van der Waals surface area contributed by atoms with E-state index in [1.165, 1.54) is 12.3 Å². The zero-order valence-electron chi connectivity index (χ0n) is 14.8. The molecule has 4 unspecified atom stereocenters. The summed E-state index contributed by atoms with van der Waals surface area (Å²) in [5.74, 6) is 0.665. The molecule has 1 aromatic heterocycles. The van der Waals surface area contributed by atoms with Gasteiger partial charge < -0.3 is 10.6 Å². The van der Waals surface area contributed by atoms with Crippen molar-refractivity contribution in [3.8, 4) is 0 Å². The van der Waals surface area contributed by atoms with Crippen LogP contribution in [0.25, 0.3) is 0 Å². The van der Waals surface area contributed by atoms with Crippen LogP contribution in [0.3, 0.4) is 0 Å². The minimum Gasteiger partial charge on any atom is -0.353 e. The number of aromatic nitrogens is 2. The maximum absolute atomic E-state index is 12.5. The number of rotatable bonds is 5. The van der Waals surface area contributed by atoms with E-state index in [1.54, 1.807) is 0 Å². The van der Waals surface area contributed by atoms with E-state index in [4.69, 9.17) is 11.6 Å². The second-order valence-corrected chi connectivity index (χ2v) is 9.57. The van der Waals surface area contributed by atoms with Gasteiger partial charge in [0.25, 0.3) is 0 Å². The largest absolute Gasteiger partial charge is 0.353 e. The van der Waals surface area contributed by atoms with Crippen LogP contribution < -0.4 is 15.4 Å². The molecule has 1 aliphatic carbocycles.